The Bertz CT molecular complexity index is 211. The Morgan fingerprint density at radius 2 is 1.14 bits per heavy atom. The van der Waals surface area contributed by atoms with Gasteiger partial charge in [-0.25, -0.2) is 0 Å². The molecule has 0 bridgehead atoms. The molecule has 0 amide bonds. The second kappa shape index (κ2) is 15.3. The topological polar surface area (TPSA) is 23.5 Å². The normalized spacial score (nSPS) is 11.7. The van der Waals surface area contributed by atoms with Gasteiger partial charge in [0.15, 0.2) is 0 Å². The molecule has 130 valence electrons. The fourth-order valence-electron chi connectivity index (χ4n) is 2.47. The Hall–Kier alpha value is 0.360. The van der Waals surface area contributed by atoms with Crippen molar-refractivity contribution >= 4 is 0 Å². The van der Waals surface area contributed by atoms with E-state index in [9.17, 15) is 0 Å². The van der Waals surface area contributed by atoms with Crippen LogP contribution in [0.5, 0.6) is 0 Å². The van der Waals surface area contributed by atoms with Crippen LogP contribution in [0.15, 0.2) is 0 Å². The molecule has 0 aliphatic rings. The van der Waals surface area contributed by atoms with E-state index < -0.39 is 0 Å². The Kier molecular flexibility index (Phi) is 17.2. The van der Waals surface area contributed by atoms with E-state index in [2.05, 4.69) is 33.1 Å². The van der Waals surface area contributed by atoms with Gasteiger partial charge in [-0.1, -0.05) is 38.5 Å². The number of halogens is 1. The second-order valence-corrected chi connectivity index (χ2v) is 7.09. The van der Waals surface area contributed by atoms with Crippen molar-refractivity contribution in [2.24, 2.45) is 0 Å². The highest BCUT2D eigenvalue weighted by Crippen LogP contribution is 2.11. The molecule has 0 aromatic rings. The van der Waals surface area contributed by atoms with Crippen molar-refractivity contribution in [1.29, 1.82) is 0 Å². The minimum Gasteiger partial charge on any atom is -1.00 e. The molecule has 0 aromatic heterocycles. The molecule has 0 heterocycles. The summed E-state index contributed by atoms with van der Waals surface area (Å²) in [6.45, 7) is 4.10. The van der Waals surface area contributed by atoms with E-state index in [0.717, 1.165) is 10.9 Å². The molecule has 0 aromatic carbocycles. The number of aliphatic hydroxyl groups is 1. The maximum atomic E-state index is 8.70. The molecule has 0 radical (unpaired) electrons. The third-order valence-electron chi connectivity index (χ3n) is 4.07. The predicted octanol–water partition coefficient (Wildman–Crippen LogP) is 0.132. The number of unbranched alkanes of at least 4 members (excludes halogenated alkanes) is 8. The van der Waals surface area contributed by atoms with Gasteiger partial charge in [0.2, 0.25) is 0 Å². The van der Waals surface area contributed by atoms with Gasteiger partial charge < -0.3 is 31.5 Å². The lowest BCUT2D eigenvalue weighted by atomic mass is 10.1. The fourth-order valence-corrected chi connectivity index (χ4v) is 2.47. The van der Waals surface area contributed by atoms with Crippen LogP contribution in [-0.4, -0.2) is 68.9 Å². The molecule has 21 heavy (non-hydrogen) atoms. The Labute approximate surface area is 144 Å². The maximum absolute atomic E-state index is 8.70. The highest BCUT2D eigenvalue weighted by atomic mass is 79.9. The number of aliphatic hydroxyl groups excluding tert-OH is 1. The molecule has 0 atom stereocenters. The third-order valence-corrected chi connectivity index (χ3v) is 4.07. The molecule has 0 aliphatic carbocycles. The van der Waals surface area contributed by atoms with Crippen molar-refractivity contribution in [3.8, 4) is 0 Å². The number of rotatable bonds is 14. The van der Waals surface area contributed by atoms with E-state index in [4.69, 9.17) is 5.11 Å². The zero-order chi connectivity index (χ0) is 15.3. The molecular formula is C17H39BrN2O. The van der Waals surface area contributed by atoms with Crippen LogP contribution in [0.3, 0.4) is 0 Å². The van der Waals surface area contributed by atoms with E-state index in [1.54, 1.807) is 0 Å². The van der Waals surface area contributed by atoms with Gasteiger partial charge in [-0.15, -0.1) is 0 Å². The van der Waals surface area contributed by atoms with Gasteiger partial charge >= 0.3 is 0 Å². The molecule has 0 saturated carbocycles. The fraction of sp³-hybridized carbons (Fsp3) is 1.00. The van der Waals surface area contributed by atoms with E-state index in [1.807, 2.05) is 0 Å². The van der Waals surface area contributed by atoms with Crippen molar-refractivity contribution in [3.63, 3.8) is 0 Å². The molecule has 0 unspecified atom stereocenters. The van der Waals surface area contributed by atoms with E-state index >= 15 is 0 Å². The summed E-state index contributed by atoms with van der Waals surface area (Å²) in [4.78, 5) is 2.27. The Morgan fingerprint density at radius 1 is 0.714 bits per heavy atom. The molecule has 3 nitrogen and oxygen atoms in total. The summed E-state index contributed by atoms with van der Waals surface area (Å²) in [5.41, 5.74) is 0. The summed E-state index contributed by atoms with van der Waals surface area (Å²) in [7, 11) is 9.01. The van der Waals surface area contributed by atoms with Gasteiger partial charge in [0.25, 0.3) is 0 Å². The number of quaternary nitrogens is 1. The first-order valence-corrected chi connectivity index (χ1v) is 8.55. The standard InChI is InChI=1S/C17H39N2O.BrH/c1-18(2)14-16-19(3,4)15-12-10-8-6-5-7-9-11-13-17-20;/h20H,5-17H2,1-4H3;1H/q+1;/p-1. The van der Waals surface area contributed by atoms with Crippen LogP contribution in [-0.2, 0) is 0 Å². The first-order valence-electron chi connectivity index (χ1n) is 8.55. The lowest BCUT2D eigenvalue weighted by molar-refractivity contribution is -0.890. The summed E-state index contributed by atoms with van der Waals surface area (Å²) in [5, 5.41) is 8.70. The van der Waals surface area contributed by atoms with Crippen LogP contribution >= 0.6 is 0 Å². The minimum absolute atomic E-state index is 0. The van der Waals surface area contributed by atoms with Gasteiger partial charge in [0.05, 0.1) is 27.2 Å². The van der Waals surface area contributed by atoms with Crippen LogP contribution in [0.2, 0.25) is 0 Å². The minimum atomic E-state index is 0. The molecule has 0 spiro atoms. The van der Waals surface area contributed by atoms with E-state index in [1.165, 1.54) is 71.0 Å². The van der Waals surface area contributed by atoms with Crippen molar-refractivity contribution in [2.45, 2.75) is 57.8 Å². The molecule has 1 N–H and O–H groups in total. The number of likely N-dealkylation sites (N-methyl/N-ethyl adjacent to an activating group) is 2. The average Bonchev–Trinajstić information content (AvgIpc) is 2.39. The molecule has 0 aliphatic heterocycles. The maximum Gasteiger partial charge on any atom is 0.0911 e. The zero-order valence-corrected chi connectivity index (χ0v) is 16.5. The lowest BCUT2D eigenvalue weighted by Crippen LogP contribution is -3.00. The summed E-state index contributed by atoms with van der Waals surface area (Å²) in [5.74, 6) is 0. The highest BCUT2D eigenvalue weighted by Gasteiger charge is 2.13. The second-order valence-electron chi connectivity index (χ2n) is 7.09. The number of hydrogen-bond donors (Lipinski definition) is 1. The first kappa shape index (κ1) is 23.6. The van der Waals surface area contributed by atoms with Crippen molar-refractivity contribution in [3.05, 3.63) is 0 Å². The highest BCUT2D eigenvalue weighted by molar-refractivity contribution is 4.48. The summed E-state index contributed by atoms with van der Waals surface area (Å²) >= 11 is 0. The van der Waals surface area contributed by atoms with Gasteiger partial charge in [-0.2, -0.15) is 0 Å². The predicted molar refractivity (Wildman–Crippen MR) is 89.0 cm³/mol. The van der Waals surface area contributed by atoms with E-state index in [-0.39, 0.29) is 17.0 Å². The summed E-state index contributed by atoms with van der Waals surface area (Å²) in [6.07, 6.45) is 11.8. The zero-order valence-electron chi connectivity index (χ0n) is 14.9. The molecule has 0 saturated heterocycles. The molecule has 4 heteroatoms. The van der Waals surface area contributed by atoms with Crippen LogP contribution in [0, 0.1) is 0 Å². The van der Waals surface area contributed by atoms with Crippen LogP contribution in [0.1, 0.15) is 57.8 Å². The van der Waals surface area contributed by atoms with Gasteiger partial charge in [-0.05, 0) is 33.4 Å². The number of hydrogen-bond acceptors (Lipinski definition) is 2. The molecule has 0 fully saturated rings. The van der Waals surface area contributed by atoms with E-state index in [0.29, 0.717) is 6.61 Å². The first-order chi connectivity index (χ1) is 9.48. The van der Waals surface area contributed by atoms with Crippen LogP contribution in [0.25, 0.3) is 0 Å². The summed E-state index contributed by atoms with van der Waals surface area (Å²) < 4.78 is 1.15. The molecular weight excluding hydrogens is 328 g/mol. The average molecular weight is 367 g/mol. The smallest absolute Gasteiger partial charge is 0.0911 e. The summed E-state index contributed by atoms with van der Waals surface area (Å²) in [6, 6.07) is 0. The van der Waals surface area contributed by atoms with Gasteiger partial charge in [0.1, 0.15) is 0 Å². The largest absolute Gasteiger partial charge is 1.00 e. The monoisotopic (exact) mass is 366 g/mol. The van der Waals surface area contributed by atoms with Gasteiger partial charge in [-0.3, -0.25) is 0 Å². The molecule has 0 rings (SSSR count). The number of nitrogens with zero attached hydrogens (tertiary/aromatic N) is 2. The van der Waals surface area contributed by atoms with Crippen LogP contribution < -0.4 is 17.0 Å². The quantitative estimate of drug-likeness (QED) is 0.349. The van der Waals surface area contributed by atoms with Crippen molar-refractivity contribution < 1.29 is 26.6 Å². The SMILES string of the molecule is CN(C)CC[N+](C)(C)CCCCCCCCCCCO.[Br-]. The van der Waals surface area contributed by atoms with Gasteiger partial charge in [0, 0.05) is 13.2 Å². The van der Waals surface area contributed by atoms with Crippen molar-refractivity contribution in [2.75, 3.05) is 54.4 Å². The Morgan fingerprint density at radius 3 is 1.57 bits per heavy atom. The van der Waals surface area contributed by atoms with Crippen LogP contribution in [0.4, 0.5) is 0 Å². The van der Waals surface area contributed by atoms with Crippen molar-refractivity contribution in [1.82, 2.24) is 4.90 Å². The Balaban J connectivity index is 0. The lowest BCUT2D eigenvalue weighted by Gasteiger charge is -2.31. The third kappa shape index (κ3) is 18.3.